The number of amides is 1. The molecule has 1 fully saturated rings. The third-order valence-corrected chi connectivity index (χ3v) is 2.56. The van der Waals surface area contributed by atoms with Gasteiger partial charge in [0.15, 0.2) is 0 Å². The van der Waals surface area contributed by atoms with E-state index >= 15 is 0 Å². The highest BCUT2D eigenvalue weighted by atomic mass is 16.3. The zero-order valence-corrected chi connectivity index (χ0v) is 7.78. The van der Waals surface area contributed by atoms with Crippen LogP contribution in [-0.2, 0) is 4.79 Å². The number of carbonyl (C=O) groups is 1. The summed E-state index contributed by atoms with van der Waals surface area (Å²) in [6.07, 6.45) is 4.30. The molecule has 0 aromatic rings. The van der Waals surface area contributed by atoms with Gasteiger partial charge in [-0.15, -0.1) is 0 Å². The average molecular weight is 187 g/mol. The first-order valence-corrected chi connectivity index (χ1v) is 4.80. The smallest absolute Gasteiger partial charge is 0.248 e. The first-order valence-electron chi connectivity index (χ1n) is 4.80. The molecule has 0 heterocycles. The summed E-state index contributed by atoms with van der Waals surface area (Å²) in [7, 11) is 0. The number of carbonyl (C=O) groups excluding carboxylic acids is 1. The Morgan fingerprint density at radius 2 is 1.92 bits per heavy atom. The van der Waals surface area contributed by atoms with Crippen LogP contribution in [0.2, 0.25) is 0 Å². The van der Waals surface area contributed by atoms with Gasteiger partial charge in [0.25, 0.3) is 0 Å². The number of nitrogens with zero attached hydrogens (tertiary/aromatic N) is 1. The summed E-state index contributed by atoms with van der Waals surface area (Å²) in [5.74, 6) is -0.263. The van der Waals surface area contributed by atoms with E-state index < -0.39 is 6.61 Å². The first-order chi connectivity index (χ1) is 6.29. The summed E-state index contributed by atoms with van der Waals surface area (Å²) in [4.78, 5) is 12.9. The van der Waals surface area contributed by atoms with Crippen molar-refractivity contribution in [1.82, 2.24) is 4.90 Å². The second-order valence-corrected chi connectivity index (χ2v) is 3.41. The van der Waals surface area contributed by atoms with Gasteiger partial charge < -0.3 is 15.1 Å². The number of hydrogen-bond donors (Lipinski definition) is 2. The maximum atomic E-state index is 11.3. The fourth-order valence-electron chi connectivity index (χ4n) is 1.93. The lowest BCUT2D eigenvalue weighted by Gasteiger charge is -2.27. The molecular weight excluding hydrogens is 170 g/mol. The molecule has 0 unspecified atom stereocenters. The number of aliphatic hydroxyl groups is 2. The van der Waals surface area contributed by atoms with Gasteiger partial charge in [0.05, 0.1) is 6.61 Å². The van der Waals surface area contributed by atoms with Crippen molar-refractivity contribution in [3.05, 3.63) is 0 Å². The van der Waals surface area contributed by atoms with Gasteiger partial charge >= 0.3 is 0 Å². The standard InChI is InChI=1S/C9H17NO3/c11-6-5-10(9(13)7-12)8-3-1-2-4-8/h8,11-12H,1-7H2. The fraction of sp³-hybridized carbons (Fsp3) is 0.889. The molecule has 4 heteroatoms. The molecule has 1 aliphatic carbocycles. The molecule has 1 rings (SSSR count). The SMILES string of the molecule is O=C(CO)N(CCO)C1CCCC1. The molecule has 2 N–H and O–H groups in total. The van der Waals surface area contributed by atoms with E-state index in [1.54, 1.807) is 4.90 Å². The van der Waals surface area contributed by atoms with Gasteiger partial charge in [-0.05, 0) is 12.8 Å². The lowest BCUT2D eigenvalue weighted by molar-refractivity contribution is -0.137. The van der Waals surface area contributed by atoms with Crippen molar-refractivity contribution < 1.29 is 15.0 Å². The van der Waals surface area contributed by atoms with E-state index in [4.69, 9.17) is 10.2 Å². The monoisotopic (exact) mass is 187 g/mol. The molecule has 0 aromatic heterocycles. The normalized spacial score (nSPS) is 17.7. The zero-order valence-electron chi connectivity index (χ0n) is 7.78. The molecule has 0 spiro atoms. The van der Waals surface area contributed by atoms with E-state index in [1.165, 1.54) is 0 Å². The zero-order chi connectivity index (χ0) is 9.68. The highest BCUT2D eigenvalue weighted by Crippen LogP contribution is 2.23. The van der Waals surface area contributed by atoms with Crippen molar-refractivity contribution in [2.75, 3.05) is 19.8 Å². The van der Waals surface area contributed by atoms with Crippen LogP contribution in [0.15, 0.2) is 0 Å². The summed E-state index contributed by atoms with van der Waals surface area (Å²) in [6.45, 7) is -0.122. The minimum Gasteiger partial charge on any atom is -0.395 e. The maximum absolute atomic E-state index is 11.3. The van der Waals surface area contributed by atoms with Gasteiger partial charge in [0.2, 0.25) is 5.91 Å². The van der Waals surface area contributed by atoms with Gasteiger partial charge in [-0.3, -0.25) is 4.79 Å². The van der Waals surface area contributed by atoms with Crippen LogP contribution < -0.4 is 0 Å². The molecule has 76 valence electrons. The van der Waals surface area contributed by atoms with Gasteiger partial charge in [-0.25, -0.2) is 0 Å². The number of aliphatic hydroxyl groups excluding tert-OH is 2. The molecule has 13 heavy (non-hydrogen) atoms. The number of hydrogen-bond acceptors (Lipinski definition) is 3. The van der Waals surface area contributed by atoms with E-state index in [0.717, 1.165) is 25.7 Å². The predicted octanol–water partition coefficient (Wildman–Crippen LogP) is -0.258. The molecule has 0 atom stereocenters. The van der Waals surface area contributed by atoms with Crippen LogP contribution >= 0.6 is 0 Å². The van der Waals surface area contributed by atoms with Crippen LogP contribution in [0.3, 0.4) is 0 Å². The highest BCUT2D eigenvalue weighted by molar-refractivity contribution is 5.77. The molecule has 0 aliphatic heterocycles. The predicted molar refractivity (Wildman–Crippen MR) is 48.1 cm³/mol. The number of rotatable bonds is 4. The van der Waals surface area contributed by atoms with Crippen LogP contribution in [0, 0.1) is 0 Å². The average Bonchev–Trinajstić information content (AvgIpc) is 2.65. The Morgan fingerprint density at radius 3 is 2.38 bits per heavy atom. The van der Waals surface area contributed by atoms with Crippen LogP contribution in [0.4, 0.5) is 0 Å². The summed E-state index contributed by atoms with van der Waals surface area (Å²) in [5.41, 5.74) is 0. The Kier molecular flexibility index (Phi) is 4.18. The highest BCUT2D eigenvalue weighted by Gasteiger charge is 2.25. The summed E-state index contributed by atoms with van der Waals surface area (Å²) >= 11 is 0. The third-order valence-electron chi connectivity index (χ3n) is 2.56. The Balaban J connectivity index is 2.49. The first kappa shape index (κ1) is 10.5. The van der Waals surface area contributed by atoms with E-state index in [1.807, 2.05) is 0 Å². The van der Waals surface area contributed by atoms with E-state index in [2.05, 4.69) is 0 Å². The molecule has 1 amide bonds. The molecule has 0 saturated heterocycles. The Hall–Kier alpha value is -0.610. The van der Waals surface area contributed by atoms with Gasteiger partial charge in [-0.1, -0.05) is 12.8 Å². The van der Waals surface area contributed by atoms with Crippen LogP contribution in [-0.4, -0.2) is 46.8 Å². The second-order valence-electron chi connectivity index (χ2n) is 3.41. The van der Waals surface area contributed by atoms with Crippen molar-refractivity contribution in [2.45, 2.75) is 31.7 Å². The van der Waals surface area contributed by atoms with E-state index in [-0.39, 0.29) is 18.6 Å². The lowest BCUT2D eigenvalue weighted by Crippen LogP contribution is -2.42. The molecule has 0 radical (unpaired) electrons. The minimum absolute atomic E-state index is 0.0256. The Labute approximate surface area is 78.2 Å². The summed E-state index contributed by atoms with van der Waals surface area (Å²) in [5, 5.41) is 17.5. The molecular formula is C9H17NO3. The summed E-state index contributed by atoms with van der Waals surface area (Å²) < 4.78 is 0. The molecule has 0 bridgehead atoms. The van der Waals surface area contributed by atoms with Crippen molar-refractivity contribution in [3.8, 4) is 0 Å². The maximum Gasteiger partial charge on any atom is 0.248 e. The molecule has 1 saturated carbocycles. The van der Waals surface area contributed by atoms with Gasteiger partial charge in [-0.2, -0.15) is 0 Å². The van der Waals surface area contributed by atoms with Crippen molar-refractivity contribution in [3.63, 3.8) is 0 Å². The quantitative estimate of drug-likeness (QED) is 0.637. The largest absolute Gasteiger partial charge is 0.395 e. The topological polar surface area (TPSA) is 60.8 Å². The Morgan fingerprint density at radius 1 is 1.31 bits per heavy atom. The van der Waals surface area contributed by atoms with Crippen molar-refractivity contribution in [2.24, 2.45) is 0 Å². The molecule has 4 nitrogen and oxygen atoms in total. The Bertz CT molecular complexity index is 166. The fourth-order valence-corrected chi connectivity index (χ4v) is 1.93. The van der Waals surface area contributed by atoms with E-state index in [0.29, 0.717) is 6.54 Å². The lowest BCUT2D eigenvalue weighted by atomic mass is 10.2. The molecule has 1 aliphatic rings. The van der Waals surface area contributed by atoms with Crippen LogP contribution in [0.1, 0.15) is 25.7 Å². The van der Waals surface area contributed by atoms with Crippen molar-refractivity contribution in [1.29, 1.82) is 0 Å². The van der Waals surface area contributed by atoms with Gasteiger partial charge in [0.1, 0.15) is 6.61 Å². The summed E-state index contributed by atoms with van der Waals surface area (Å²) in [6, 6.07) is 0.242. The van der Waals surface area contributed by atoms with Gasteiger partial charge in [0, 0.05) is 12.6 Å². The van der Waals surface area contributed by atoms with Crippen molar-refractivity contribution >= 4 is 5.91 Å². The van der Waals surface area contributed by atoms with Crippen LogP contribution in [0.5, 0.6) is 0 Å². The van der Waals surface area contributed by atoms with E-state index in [9.17, 15) is 4.79 Å². The second kappa shape index (κ2) is 5.19. The minimum atomic E-state index is -0.448. The molecule has 0 aromatic carbocycles. The third kappa shape index (κ3) is 2.67. The van der Waals surface area contributed by atoms with Crippen LogP contribution in [0.25, 0.3) is 0 Å².